The third-order valence-electron chi connectivity index (χ3n) is 1.06. The molecule has 0 amide bonds. The molecule has 4 nitrogen and oxygen atoms in total. The number of hydrogen-bond donors (Lipinski definition) is 0. The van der Waals surface area contributed by atoms with Crippen molar-refractivity contribution in [2.24, 2.45) is 0 Å². The van der Waals surface area contributed by atoms with Crippen molar-refractivity contribution in [1.82, 2.24) is 4.98 Å². The van der Waals surface area contributed by atoms with E-state index in [0.717, 1.165) is 0 Å². The van der Waals surface area contributed by atoms with Gasteiger partial charge in [0.1, 0.15) is 0 Å². The number of rotatable bonds is 0. The minimum Gasteiger partial charge on any atom is -0.367 e. The van der Waals surface area contributed by atoms with Gasteiger partial charge in [0.2, 0.25) is 5.75 Å². The number of nitrogens with zero attached hydrogens (tertiary/aromatic N) is 1. The Morgan fingerprint density at radius 1 is 1.40 bits per heavy atom. The van der Waals surface area contributed by atoms with E-state index in [-0.39, 0.29) is 0 Å². The van der Waals surface area contributed by atoms with Crippen molar-refractivity contribution < 1.29 is 12.6 Å². The molecule has 0 fully saturated rings. The van der Waals surface area contributed by atoms with E-state index in [1.54, 1.807) is 12.3 Å². The topological polar surface area (TPSA) is 48.4 Å². The molecule has 0 saturated heterocycles. The quantitative estimate of drug-likeness (QED) is 0.548. The molecule has 1 aromatic heterocycles. The molecule has 0 aromatic carbocycles. The van der Waals surface area contributed by atoms with E-state index in [9.17, 15) is 4.21 Å². The van der Waals surface area contributed by atoms with Crippen LogP contribution in [0.25, 0.3) is 0 Å². The van der Waals surface area contributed by atoms with Crippen molar-refractivity contribution in [3.8, 4) is 11.5 Å². The molecule has 0 N–H and O–H groups in total. The van der Waals surface area contributed by atoms with Crippen LogP contribution in [0, 0.1) is 0 Å². The third-order valence-corrected chi connectivity index (χ3v) is 1.69. The van der Waals surface area contributed by atoms with E-state index < -0.39 is 11.4 Å². The van der Waals surface area contributed by atoms with Crippen LogP contribution in [0.1, 0.15) is 0 Å². The van der Waals surface area contributed by atoms with Gasteiger partial charge in [-0.25, -0.2) is 0 Å². The Labute approximate surface area is 59.7 Å². The summed E-state index contributed by atoms with van der Waals surface area (Å²) in [4.78, 5) is 3.75. The average Bonchev–Trinajstić information content (AvgIpc) is 2.27. The molecule has 1 atom stereocenters. The van der Waals surface area contributed by atoms with Crippen molar-refractivity contribution in [3.63, 3.8) is 0 Å². The fourth-order valence-corrected chi connectivity index (χ4v) is 1.25. The lowest BCUT2D eigenvalue weighted by Gasteiger charge is -1.86. The van der Waals surface area contributed by atoms with E-state index in [1.807, 2.05) is 0 Å². The molecule has 2 heterocycles. The SMILES string of the molecule is O=S1Oc2ccncc2O1. The minimum absolute atomic E-state index is 0.431. The molecular weight excluding hydrogens is 154 g/mol. The highest BCUT2D eigenvalue weighted by atomic mass is 32.2. The summed E-state index contributed by atoms with van der Waals surface area (Å²) in [5.74, 6) is 0.911. The predicted molar refractivity (Wildman–Crippen MR) is 33.6 cm³/mol. The normalized spacial score (nSPS) is 21.0. The summed E-state index contributed by atoms with van der Waals surface area (Å²) in [5, 5.41) is 0. The van der Waals surface area contributed by atoms with Crippen LogP contribution < -0.4 is 8.37 Å². The molecule has 0 radical (unpaired) electrons. The summed E-state index contributed by atoms with van der Waals surface area (Å²) in [6, 6.07) is 1.60. The van der Waals surface area contributed by atoms with Gasteiger partial charge >= 0.3 is 11.4 Å². The third kappa shape index (κ3) is 0.750. The van der Waals surface area contributed by atoms with Gasteiger partial charge in [0, 0.05) is 12.3 Å². The first-order valence-electron chi connectivity index (χ1n) is 2.59. The van der Waals surface area contributed by atoms with Crippen molar-refractivity contribution in [2.75, 3.05) is 0 Å². The monoisotopic (exact) mass is 157 g/mol. The molecule has 5 heteroatoms. The second kappa shape index (κ2) is 1.95. The van der Waals surface area contributed by atoms with Crippen LogP contribution in [0.4, 0.5) is 0 Å². The van der Waals surface area contributed by atoms with Crippen molar-refractivity contribution >= 4 is 11.4 Å². The van der Waals surface area contributed by atoms with Gasteiger partial charge in [0.05, 0.1) is 6.20 Å². The molecular formula is C5H3NO3S. The van der Waals surface area contributed by atoms with Gasteiger partial charge in [-0.15, -0.1) is 0 Å². The zero-order valence-corrected chi connectivity index (χ0v) is 5.63. The number of hydrogen-bond acceptors (Lipinski definition) is 4. The van der Waals surface area contributed by atoms with Crippen LogP contribution in [0.5, 0.6) is 11.5 Å². The Morgan fingerprint density at radius 2 is 2.20 bits per heavy atom. The lowest BCUT2D eigenvalue weighted by Crippen LogP contribution is -1.96. The zero-order valence-electron chi connectivity index (χ0n) is 4.81. The smallest absolute Gasteiger partial charge is 0.367 e. The number of fused-ring (bicyclic) bond motifs is 1. The van der Waals surface area contributed by atoms with E-state index in [1.165, 1.54) is 6.20 Å². The standard InChI is InChI=1S/C5H3NO3S/c7-10-8-4-1-2-6-3-5(4)9-10/h1-3H. The highest BCUT2D eigenvalue weighted by Gasteiger charge is 2.20. The first-order valence-corrected chi connectivity index (χ1v) is 3.59. The van der Waals surface area contributed by atoms with Gasteiger partial charge in [0.15, 0.2) is 5.75 Å². The predicted octanol–water partition coefficient (Wildman–Crippen LogP) is 0.431. The van der Waals surface area contributed by atoms with Crippen LogP contribution in [-0.2, 0) is 11.4 Å². The molecule has 1 unspecified atom stereocenters. The molecule has 0 aliphatic carbocycles. The minimum atomic E-state index is -1.66. The molecule has 10 heavy (non-hydrogen) atoms. The summed E-state index contributed by atoms with van der Waals surface area (Å²) in [7, 11) is 0. The summed E-state index contributed by atoms with van der Waals surface area (Å²) in [6.07, 6.45) is 3.00. The van der Waals surface area contributed by atoms with Crippen molar-refractivity contribution in [2.45, 2.75) is 0 Å². The largest absolute Gasteiger partial charge is 0.418 e. The van der Waals surface area contributed by atoms with Gasteiger partial charge < -0.3 is 8.37 Å². The van der Waals surface area contributed by atoms with Crippen LogP contribution in [-0.4, -0.2) is 9.19 Å². The van der Waals surface area contributed by atoms with Crippen molar-refractivity contribution in [3.05, 3.63) is 18.5 Å². The summed E-state index contributed by atoms with van der Waals surface area (Å²) in [6.45, 7) is 0. The van der Waals surface area contributed by atoms with Gasteiger partial charge in [-0.05, 0) is 0 Å². The van der Waals surface area contributed by atoms with E-state index in [4.69, 9.17) is 8.37 Å². The molecule has 1 aliphatic rings. The van der Waals surface area contributed by atoms with Gasteiger partial charge in [-0.3, -0.25) is 4.98 Å². The van der Waals surface area contributed by atoms with Gasteiger partial charge in [-0.2, -0.15) is 4.21 Å². The van der Waals surface area contributed by atoms with Crippen LogP contribution in [0.15, 0.2) is 18.5 Å². The van der Waals surface area contributed by atoms with Gasteiger partial charge in [0.25, 0.3) is 0 Å². The fourth-order valence-electron chi connectivity index (χ4n) is 0.662. The Hall–Kier alpha value is -1.10. The van der Waals surface area contributed by atoms with Gasteiger partial charge in [-0.1, -0.05) is 0 Å². The first kappa shape index (κ1) is 5.67. The second-order valence-electron chi connectivity index (χ2n) is 1.69. The van der Waals surface area contributed by atoms with Crippen molar-refractivity contribution in [1.29, 1.82) is 0 Å². The molecule has 52 valence electrons. The molecule has 0 bridgehead atoms. The maximum atomic E-state index is 10.5. The first-order chi connectivity index (χ1) is 4.86. The van der Waals surface area contributed by atoms with Crippen LogP contribution in [0.3, 0.4) is 0 Å². The summed E-state index contributed by atoms with van der Waals surface area (Å²) < 4.78 is 19.9. The number of aromatic nitrogens is 1. The highest BCUT2D eigenvalue weighted by Crippen LogP contribution is 2.31. The zero-order chi connectivity index (χ0) is 6.97. The van der Waals surface area contributed by atoms with E-state index in [2.05, 4.69) is 4.98 Å². The van der Waals surface area contributed by atoms with E-state index >= 15 is 0 Å². The Morgan fingerprint density at radius 3 is 3.00 bits per heavy atom. The van der Waals surface area contributed by atoms with Crippen LogP contribution in [0.2, 0.25) is 0 Å². The molecule has 1 aromatic rings. The highest BCUT2D eigenvalue weighted by molar-refractivity contribution is 7.76. The number of pyridine rings is 1. The maximum Gasteiger partial charge on any atom is 0.418 e. The summed E-state index contributed by atoms with van der Waals surface area (Å²) >= 11 is -1.66. The Balaban J connectivity index is 2.51. The van der Waals surface area contributed by atoms with E-state index in [0.29, 0.717) is 11.5 Å². The molecule has 1 aliphatic heterocycles. The molecule has 0 saturated carbocycles. The Kier molecular flexibility index (Phi) is 1.10. The fraction of sp³-hybridized carbons (Fsp3) is 0. The average molecular weight is 157 g/mol. The molecule has 2 rings (SSSR count). The summed E-state index contributed by atoms with van der Waals surface area (Å²) in [5.41, 5.74) is 0. The lowest BCUT2D eigenvalue weighted by atomic mass is 10.4. The second-order valence-corrected chi connectivity index (χ2v) is 2.43. The lowest BCUT2D eigenvalue weighted by molar-refractivity contribution is 0.520. The van der Waals surface area contributed by atoms with Crippen LogP contribution >= 0.6 is 0 Å². The maximum absolute atomic E-state index is 10.5. The molecule has 0 spiro atoms. The Bertz CT molecular complexity index is 261.